The number of benzene rings is 2. The van der Waals surface area contributed by atoms with Crippen molar-refractivity contribution >= 4 is 28.9 Å². The van der Waals surface area contributed by atoms with Crippen molar-refractivity contribution in [1.82, 2.24) is 0 Å². The standard InChI is InChI=1S/C18H19ClN2O4/c1-12-5-7-15(21(23)24)11-16(12)20-18(22)4-3-9-25-17-8-6-14(19)10-13(17)2/h5-8,10-11H,3-4,9H2,1-2H3,(H,20,22). The Hall–Kier alpha value is -2.60. The van der Waals surface area contributed by atoms with E-state index < -0.39 is 4.92 Å². The summed E-state index contributed by atoms with van der Waals surface area (Å²) in [6, 6.07) is 9.74. The van der Waals surface area contributed by atoms with Gasteiger partial charge in [-0.05, 0) is 49.6 Å². The summed E-state index contributed by atoms with van der Waals surface area (Å²) in [7, 11) is 0. The van der Waals surface area contributed by atoms with Crippen molar-refractivity contribution in [2.45, 2.75) is 26.7 Å². The van der Waals surface area contributed by atoms with Gasteiger partial charge >= 0.3 is 0 Å². The van der Waals surface area contributed by atoms with E-state index in [0.717, 1.165) is 16.9 Å². The Bertz CT molecular complexity index is 793. The molecular weight excluding hydrogens is 344 g/mol. The van der Waals surface area contributed by atoms with Crippen LogP contribution in [0.4, 0.5) is 11.4 Å². The van der Waals surface area contributed by atoms with Crippen LogP contribution in [0.25, 0.3) is 0 Å². The van der Waals surface area contributed by atoms with Crippen LogP contribution in [-0.4, -0.2) is 17.4 Å². The molecule has 0 fully saturated rings. The molecule has 0 aliphatic carbocycles. The number of hydrogen-bond donors (Lipinski definition) is 1. The topological polar surface area (TPSA) is 81.5 Å². The van der Waals surface area contributed by atoms with E-state index in [1.54, 1.807) is 25.1 Å². The minimum Gasteiger partial charge on any atom is -0.493 e. The van der Waals surface area contributed by atoms with Crippen LogP contribution in [0.3, 0.4) is 0 Å². The molecule has 0 saturated heterocycles. The number of hydrogen-bond acceptors (Lipinski definition) is 4. The van der Waals surface area contributed by atoms with Gasteiger partial charge in [-0.15, -0.1) is 0 Å². The predicted molar refractivity (Wildman–Crippen MR) is 97.4 cm³/mol. The van der Waals surface area contributed by atoms with Crippen LogP contribution >= 0.6 is 11.6 Å². The van der Waals surface area contributed by atoms with Gasteiger partial charge in [0.25, 0.3) is 5.69 Å². The Balaban J connectivity index is 1.83. The Morgan fingerprint density at radius 1 is 1.20 bits per heavy atom. The number of rotatable bonds is 7. The first kappa shape index (κ1) is 18.7. The number of nitrogens with one attached hydrogen (secondary N) is 1. The molecule has 2 aromatic carbocycles. The van der Waals surface area contributed by atoms with E-state index in [4.69, 9.17) is 16.3 Å². The molecule has 0 radical (unpaired) electrons. The van der Waals surface area contributed by atoms with Gasteiger partial charge in [0, 0.05) is 23.6 Å². The van der Waals surface area contributed by atoms with E-state index in [0.29, 0.717) is 23.7 Å². The van der Waals surface area contributed by atoms with Crippen LogP contribution in [0.15, 0.2) is 36.4 Å². The number of anilines is 1. The van der Waals surface area contributed by atoms with E-state index in [1.807, 2.05) is 13.0 Å². The molecule has 0 atom stereocenters. The number of nitro benzene ring substituents is 1. The lowest BCUT2D eigenvalue weighted by Crippen LogP contribution is -2.14. The van der Waals surface area contributed by atoms with Crippen molar-refractivity contribution < 1.29 is 14.5 Å². The van der Waals surface area contributed by atoms with Gasteiger partial charge in [-0.1, -0.05) is 17.7 Å². The molecule has 0 aromatic heterocycles. The van der Waals surface area contributed by atoms with Gasteiger partial charge in [-0.2, -0.15) is 0 Å². The van der Waals surface area contributed by atoms with Crippen LogP contribution in [0.1, 0.15) is 24.0 Å². The van der Waals surface area contributed by atoms with Gasteiger partial charge in [-0.3, -0.25) is 14.9 Å². The molecule has 1 amide bonds. The normalized spacial score (nSPS) is 10.4. The molecule has 6 nitrogen and oxygen atoms in total. The predicted octanol–water partition coefficient (Wildman–Crippen LogP) is 4.66. The molecule has 0 aliphatic heterocycles. The lowest BCUT2D eigenvalue weighted by Gasteiger charge is -2.10. The summed E-state index contributed by atoms with van der Waals surface area (Å²) in [5.74, 6) is 0.527. The largest absolute Gasteiger partial charge is 0.493 e. The molecule has 0 heterocycles. The smallest absolute Gasteiger partial charge is 0.271 e. The second-order valence-electron chi connectivity index (χ2n) is 5.67. The van der Waals surface area contributed by atoms with Gasteiger partial charge in [-0.25, -0.2) is 0 Å². The number of ether oxygens (including phenoxy) is 1. The number of halogens is 1. The summed E-state index contributed by atoms with van der Waals surface area (Å²) in [6.45, 7) is 4.08. The molecule has 2 aromatic rings. The number of non-ortho nitro benzene ring substituents is 1. The summed E-state index contributed by atoms with van der Waals surface area (Å²) in [6.07, 6.45) is 0.788. The highest BCUT2D eigenvalue weighted by Gasteiger charge is 2.11. The van der Waals surface area contributed by atoms with Crippen molar-refractivity contribution in [3.05, 3.63) is 62.7 Å². The van der Waals surface area contributed by atoms with Crippen LogP contribution in [0.2, 0.25) is 5.02 Å². The maximum Gasteiger partial charge on any atom is 0.271 e. The quantitative estimate of drug-likeness (QED) is 0.441. The number of nitro groups is 1. The summed E-state index contributed by atoms with van der Waals surface area (Å²) in [4.78, 5) is 22.3. The molecule has 0 aliphatic rings. The third-order valence-electron chi connectivity index (χ3n) is 3.65. The number of nitrogens with zero attached hydrogens (tertiary/aromatic N) is 1. The van der Waals surface area contributed by atoms with Gasteiger partial charge in [0.15, 0.2) is 0 Å². The summed E-state index contributed by atoms with van der Waals surface area (Å²) < 4.78 is 5.64. The fraction of sp³-hybridized carbons (Fsp3) is 0.278. The molecule has 0 spiro atoms. The summed E-state index contributed by atoms with van der Waals surface area (Å²) in [5.41, 5.74) is 2.10. The van der Waals surface area contributed by atoms with Crippen LogP contribution in [-0.2, 0) is 4.79 Å². The molecule has 2 rings (SSSR count). The second-order valence-corrected chi connectivity index (χ2v) is 6.10. The highest BCUT2D eigenvalue weighted by molar-refractivity contribution is 6.30. The minimum absolute atomic E-state index is 0.0533. The van der Waals surface area contributed by atoms with Gasteiger partial charge in [0.2, 0.25) is 5.91 Å². The van der Waals surface area contributed by atoms with Gasteiger partial charge < -0.3 is 10.1 Å². The first-order valence-corrected chi connectivity index (χ1v) is 8.18. The molecule has 132 valence electrons. The Labute approximate surface area is 150 Å². The van der Waals surface area contributed by atoms with Crippen LogP contribution in [0.5, 0.6) is 5.75 Å². The van der Waals surface area contributed by atoms with E-state index in [-0.39, 0.29) is 18.0 Å². The Morgan fingerprint density at radius 3 is 2.64 bits per heavy atom. The second kappa shape index (κ2) is 8.48. The zero-order valence-electron chi connectivity index (χ0n) is 14.0. The maximum absolute atomic E-state index is 12.0. The van der Waals surface area contributed by atoms with E-state index >= 15 is 0 Å². The molecular formula is C18H19ClN2O4. The lowest BCUT2D eigenvalue weighted by molar-refractivity contribution is -0.384. The number of aryl methyl sites for hydroxylation is 2. The third kappa shape index (κ3) is 5.46. The van der Waals surface area contributed by atoms with Crippen molar-refractivity contribution in [2.24, 2.45) is 0 Å². The fourth-order valence-electron chi connectivity index (χ4n) is 2.26. The van der Waals surface area contributed by atoms with Crippen LogP contribution in [0, 0.1) is 24.0 Å². The summed E-state index contributed by atoms with van der Waals surface area (Å²) in [5, 5.41) is 14.2. The number of carbonyl (C=O) groups excluding carboxylic acids is 1. The highest BCUT2D eigenvalue weighted by atomic mass is 35.5. The SMILES string of the molecule is Cc1ccc([N+](=O)[O-])cc1NC(=O)CCCOc1ccc(Cl)cc1C. The van der Waals surface area contributed by atoms with Crippen molar-refractivity contribution in [3.8, 4) is 5.75 Å². The van der Waals surface area contributed by atoms with E-state index in [2.05, 4.69) is 5.32 Å². The molecule has 0 unspecified atom stereocenters. The summed E-state index contributed by atoms with van der Waals surface area (Å²) >= 11 is 5.89. The molecule has 0 bridgehead atoms. The zero-order valence-corrected chi connectivity index (χ0v) is 14.8. The van der Waals surface area contributed by atoms with E-state index in [1.165, 1.54) is 12.1 Å². The van der Waals surface area contributed by atoms with Crippen molar-refractivity contribution in [2.75, 3.05) is 11.9 Å². The first-order chi connectivity index (χ1) is 11.9. The molecule has 1 N–H and O–H groups in total. The molecule has 25 heavy (non-hydrogen) atoms. The maximum atomic E-state index is 12.0. The number of amides is 1. The van der Waals surface area contributed by atoms with Crippen molar-refractivity contribution in [1.29, 1.82) is 0 Å². The first-order valence-electron chi connectivity index (χ1n) is 7.80. The van der Waals surface area contributed by atoms with Crippen molar-refractivity contribution in [3.63, 3.8) is 0 Å². The minimum atomic E-state index is -0.489. The fourth-order valence-corrected chi connectivity index (χ4v) is 2.49. The van der Waals surface area contributed by atoms with Gasteiger partial charge in [0.1, 0.15) is 5.75 Å². The van der Waals surface area contributed by atoms with E-state index in [9.17, 15) is 14.9 Å². The Morgan fingerprint density at radius 2 is 1.96 bits per heavy atom. The third-order valence-corrected chi connectivity index (χ3v) is 3.88. The zero-order chi connectivity index (χ0) is 18.4. The Kier molecular flexibility index (Phi) is 6.36. The molecule has 7 heteroatoms. The van der Waals surface area contributed by atoms with Crippen LogP contribution < -0.4 is 10.1 Å². The highest BCUT2D eigenvalue weighted by Crippen LogP contribution is 2.23. The lowest BCUT2D eigenvalue weighted by atomic mass is 10.1. The average Bonchev–Trinajstić information content (AvgIpc) is 2.55. The average molecular weight is 363 g/mol. The monoisotopic (exact) mass is 362 g/mol. The molecule has 0 saturated carbocycles. The van der Waals surface area contributed by atoms with Gasteiger partial charge in [0.05, 0.1) is 17.2 Å². The number of carbonyl (C=O) groups is 1.